The van der Waals surface area contributed by atoms with E-state index < -0.39 is 0 Å². The zero-order valence-corrected chi connectivity index (χ0v) is 5.23. The first kappa shape index (κ1) is 5.69. The first-order valence-corrected chi connectivity index (χ1v) is 2.74. The molecule has 1 unspecified atom stereocenters. The highest BCUT2D eigenvalue weighted by Gasteiger charge is 1.86. The highest BCUT2D eigenvalue weighted by Crippen LogP contribution is 1.93. The molecule has 0 heterocycles. The maximum Gasteiger partial charge on any atom is 0.0937 e. The molecule has 0 spiro atoms. The normalized spacial score (nSPS) is 15.0. The Kier molecular flexibility index (Phi) is 3.30. The van der Waals surface area contributed by atoms with Gasteiger partial charge in [0.2, 0.25) is 0 Å². The van der Waals surface area contributed by atoms with E-state index >= 15 is 0 Å². The third-order valence-corrected chi connectivity index (χ3v) is 0.589. The number of alkyl halides is 1. The predicted molar refractivity (Wildman–Crippen MR) is 29.0 cm³/mol. The fourth-order valence-electron chi connectivity index (χ4n) is 0. The molecule has 0 aliphatic heterocycles. The number of halogens is 1. The van der Waals surface area contributed by atoms with Gasteiger partial charge in [-0.15, -0.1) is 0 Å². The third kappa shape index (κ3) is 4.69. The molecule has 0 saturated carbocycles. The quantitative estimate of drug-likeness (QED) is 0.432. The van der Waals surface area contributed by atoms with Crippen LogP contribution in [-0.4, -0.2) is 10.5 Å². The van der Waals surface area contributed by atoms with Crippen molar-refractivity contribution in [3.8, 4) is 0 Å². The van der Waals surface area contributed by atoms with Crippen LogP contribution in [-0.2, 0) is 5.11 Å². The Balaban J connectivity index is 2.54. The molecule has 0 fully saturated rings. The maximum atomic E-state index is 9.62. The van der Waals surface area contributed by atoms with Gasteiger partial charge in [0.25, 0.3) is 0 Å². The van der Waals surface area contributed by atoms with Crippen LogP contribution in [0.1, 0.15) is 6.92 Å². The van der Waals surface area contributed by atoms with E-state index in [1.807, 2.05) is 6.92 Å². The monoisotopic (exact) mass is 185 g/mol. The van der Waals surface area contributed by atoms with E-state index in [2.05, 4.69) is 22.6 Å². The molecule has 0 aliphatic carbocycles. The summed E-state index contributed by atoms with van der Waals surface area (Å²) in [6, 6.07) is 0. The Morgan fingerprint density at radius 1 is 2.00 bits per heavy atom. The minimum atomic E-state index is 0.0422. The minimum Gasteiger partial charge on any atom is -0.236 e. The summed E-state index contributed by atoms with van der Waals surface area (Å²) >= 11 is 2.09. The molecular weight excluding hydrogens is 179 g/mol. The van der Waals surface area contributed by atoms with Crippen molar-refractivity contribution in [3.05, 3.63) is 0 Å². The fourth-order valence-corrected chi connectivity index (χ4v) is 0. The number of hydrogen-bond acceptors (Lipinski definition) is 0. The maximum absolute atomic E-state index is 9.62. The van der Waals surface area contributed by atoms with Gasteiger partial charge in [-0.1, -0.05) is 29.5 Å². The molecule has 0 aromatic rings. The molecular formula is C3H6IO. The summed E-state index contributed by atoms with van der Waals surface area (Å²) in [6.45, 7) is 1.94. The molecule has 1 nitrogen and oxygen atoms in total. The first-order valence-electron chi connectivity index (χ1n) is 1.49. The molecule has 0 bridgehead atoms. The second kappa shape index (κ2) is 2.90. The topological polar surface area (TPSA) is 19.9 Å². The smallest absolute Gasteiger partial charge is 0.0937 e. The Bertz CT molecular complexity index is 20.9. The minimum absolute atomic E-state index is 0.0422. The van der Waals surface area contributed by atoms with Crippen LogP contribution in [0.2, 0.25) is 0 Å². The SMILES string of the molecule is CC(I)C[O]. The Labute approximate surface area is 45.5 Å². The van der Waals surface area contributed by atoms with Crippen molar-refractivity contribution < 1.29 is 5.11 Å². The van der Waals surface area contributed by atoms with Gasteiger partial charge >= 0.3 is 0 Å². The van der Waals surface area contributed by atoms with Crippen molar-refractivity contribution in [3.63, 3.8) is 0 Å². The molecule has 1 atom stereocenters. The van der Waals surface area contributed by atoms with Crippen LogP contribution in [0, 0.1) is 0 Å². The van der Waals surface area contributed by atoms with E-state index in [9.17, 15) is 5.11 Å². The van der Waals surface area contributed by atoms with Crippen LogP contribution in [0.25, 0.3) is 0 Å². The van der Waals surface area contributed by atoms with Gasteiger partial charge < -0.3 is 0 Å². The summed E-state index contributed by atoms with van der Waals surface area (Å²) in [4.78, 5) is 0. The van der Waals surface area contributed by atoms with Gasteiger partial charge in [0.1, 0.15) is 0 Å². The lowest BCUT2D eigenvalue weighted by Crippen LogP contribution is -1.91. The molecule has 0 aromatic heterocycles. The second-order valence-corrected chi connectivity index (χ2v) is 3.07. The lowest BCUT2D eigenvalue weighted by atomic mass is 10.5. The summed E-state index contributed by atoms with van der Waals surface area (Å²) < 4.78 is 0.299. The van der Waals surface area contributed by atoms with E-state index in [1.165, 1.54) is 0 Å². The molecule has 1 radical (unpaired) electrons. The van der Waals surface area contributed by atoms with Gasteiger partial charge in [-0.2, -0.15) is 0 Å². The van der Waals surface area contributed by atoms with Crippen LogP contribution < -0.4 is 0 Å². The summed E-state index contributed by atoms with van der Waals surface area (Å²) in [7, 11) is 0. The van der Waals surface area contributed by atoms with Crippen LogP contribution in [0.4, 0.5) is 0 Å². The molecule has 0 saturated heterocycles. The Morgan fingerprint density at radius 3 is 2.20 bits per heavy atom. The van der Waals surface area contributed by atoms with Gasteiger partial charge in [-0.05, 0) is 0 Å². The van der Waals surface area contributed by atoms with E-state index in [0.29, 0.717) is 3.92 Å². The van der Waals surface area contributed by atoms with E-state index in [-0.39, 0.29) is 6.61 Å². The Hall–Kier alpha value is 0.690. The zero-order valence-electron chi connectivity index (χ0n) is 3.07. The Morgan fingerprint density at radius 2 is 2.20 bits per heavy atom. The van der Waals surface area contributed by atoms with E-state index in [0.717, 1.165) is 0 Å². The van der Waals surface area contributed by atoms with Gasteiger partial charge in [0.05, 0.1) is 6.61 Å². The van der Waals surface area contributed by atoms with Crippen LogP contribution in [0.15, 0.2) is 0 Å². The van der Waals surface area contributed by atoms with Crippen molar-refractivity contribution in [2.45, 2.75) is 10.8 Å². The van der Waals surface area contributed by atoms with Crippen LogP contribution in [0.3, 0.4) is 0 Å². The lowest BCUT2D eigenvalue weighted by Gasteiger charge is -1.85. The molecule has 0 N–H and O–H groups in total. The van der Waals surface area contributed by atoms with Gasteiger partial charge in [-0.3, -0.25) is 0 Å². The largest absolute Gasteiger partial charge is 0.236 e. The summed E-state index contributed by atoms with van der Waals surface area (Å²) in [5.74, 6) is 0. The van der Waals surface area contributed by atoms with Crippen LogP contribution in [0.5, 0.6) is 0 Å². The highest BCUT2D eigenvalue weighted by molar-refractivity contribution is 14.1. The average molecular weight is 185 g/mol. The van der Waals surface area contributed by atoms with Crippen LogP contribution >= 0.6 is 22.6 Å². The predicted octanol–water partition coefficient (Wildman–Crippen LogP) is 1.24. The van der Waals surface area contributed by atoms with Crippen molar-refractivity contribution in [1.29, 1.82) is 0 Å². The molecule has 2 heteroatoms. The van der Waals surface area contributed by atoms with Crippen molar-refractivity contribution in [2.75, 3.05) is 6.61 Å². The molecule has 31 valence electrons. The van der Waals surface area contributed by atoms with Crippen molar-refractivity contribution >= 4 is 22.6 Å². The molecule has 0 rings (SSSR count). The number of hydrogen-bond donors (Lipinski definition) is 0. The van der Waals surface area contributed by atoms with Gasteiger partial charge in [-0.25, -0.2) is 5.11 Å². The van der Waals surface area contributed by atoms with Crippen molar-refractivity contribution in [2.24, 2.45) is 0 Å². The number of rotatable bonds is 1. The zero-order chi connectivity index (χ0) is 4.28. The van der Waals surface area contributed by atoms with Gasteiger partial charge in [0.15, 0.2) is 0 Å². The average Bonchev–Trinajstić information content (AvgIpc) is 1.38. The molecule has 0 aliphatic rings. The van der Waals surface area contributed by atoms with Gasteiger partial charge in [0, 0.05) is 3.92 Å². The lowest BCUT2D eigenvalue weighted by molar-refractivity contribution is 0.201. The van der Waals surface area contributed by atoms with Crippen molar-refractivity contribution in [1.82, 2.24) is 0 Å². The summed E-state index contributed by atoms with van der Waals surface area (Å²) in [5.41, 5.74) is 0. The fraction of sp³-hybridized carbons (Fsp3) is 1.00. The van der Waals surface area contributed by atoms with E-state index in [1.54, 1.807) is 0 Å². The second-order valence-electron chi connectivity index (χ2n) is 0.947. The summed E-state index contributed by atoms with van der Waals surface area (Å²) in [6.07, 6.45) is 0. The summed E-state index contributed by atoms with van der Waals surface area (Å²) in [5, 5.41) is 9.62. The standard InChI is InChI=1S/C3H6IO/c1-3(4)2-5/h3H,2H2,1H3. The molecule has 0 aromatic carbocycles. The molecule has 0 amide bonds. The van der Waals surface area contributed by atoms with E-state index in [4.69, 9.17) is 0 Å². The third-order valence-electron chi connectivity index (χ3n) is 0.230. The first-order chi connectivity index (χ1) is 2.27. The highest BCUT2D eigenvalue weighted by atomic mass is 127. The molecule has 5 heavy (non-hydrogen) atoms.